The van der Waals surface area contributed by atoms with Gasteiger partial charge in [-0.05, 0) is 31.9 Å². The molecular weight excluding hydrogens is 352 g/mol. The van der Waals surface area contributed by atoms with Crippen LogP contribution in [0.25, 0.3) is 10.8 Å². The van der Waals surface area contributed by atoms with Crippen LogP contribution in [0.3, 0.4) is 0 Å². The van der Waals surface area contributed by atoms with Crippen LogP contribution in [0.1, 0.15) is 59.2 Å². The van der Waals surface area contributed by atoms with Gasteiger partial charge in [0.1, 0.15) is 11.2 Å². The van der Waals surface area contributed by atoms with E-state index in [0.29, 0.717) is 28.2 Å². The first-order valence-corrected chi connectivity index (χ1v) is 9.54. The summed E-state index contributed by atoms with van der Waals surface area (Å²) in [6.07, 6.45) is 6.37. The lowest BCUT2D eigenvalue weighted by molar-refractivity contribution is 0.0850. The molecule has 0 saturated heterocycles. The number of carbonyl (C=O) groups is 1. The van der Waals surface area contributed by atoms with Crippen LogP contribution < -0.4 is 5.32 Å². The van der Waals surface area contributed by atoms with Gasteiger partial charge in [-0.3, -0.25) is 4.79 Å². The van der Waals surface area contributed by atoms with Gasteiger partial charge >= 0.3 is 0 Å². The van der Waals surface area contributed by atoms with E-state index in [1.165, 1.54) is 11.3 Å². The van der Waals surface area contributed by atoms with Crippen LogP contribution in [0, 0.1) is 13.8 Å². The average molecular weight is 372 g/mol. The number of hydrogen-bond acceptors (Lipinski definition) is 7. The average Bonchev–Trinajstić information content (AvgIpc) is 3.36. The zero-order chi connectivity index (χ0) is 18.1. The summed E-state index contributed by atoms with van der Waals surface area (Å²) in [5, 5.41) is 7.96. The number of aryl methyl sites for hydroxylation is 2. The van der Waals surface area contributed by atoms with Crippen LogP contribution in [0.5, 0.6) is 0 Å². The molecular formula is C18H20N4O3S. The van der Waals surface area contributed by atoms with Crippen molar-refractivity contribution in [1.82, 2.24) is 20.4 Å². The molecule has 7 nitrogen and oxygen atoms in total. The second-order valence-electron chi connectivity index (χ2n) is 6.64. The summed E-state index contributed by atoms with van der Waals surface area (Å²) in [6.45, 7) is 3.65. The summed E-state index contributed by atoms with van der Waals surface area (Å²) in [7, 11) is 0. The second kappa shape index (κ2) is 6.68. The van der Waals surface area contributed by atoms with Gasteiger partial charge in [-0.25, -0.2) is 4.98 Å². The summed E-state index contributed by atoms with van der Waals surface area (Å²) in [4.78, 5) is 22.8. The molecule has 0 unspecified atom stereocenters. The number of furan rings is 1. The van der Waals surface area contributed by atoms with Crippen molar-refractivity contribution in [3.05, 3.63) is 40.7 Å². The lowest BCUT2D eigenvalue weighted by Crippen LogP contribution is -2.48. The van der Waals surface area contributed by atoms with Crippen LogP contribution >= 0.6 is 11.3 Å². The van der Waals surface area contributed by atoms with Gasteiger partial charge in [-0.2, -0.15) is 4.98 Å². The highest BCUT2D eigenvalue weighted by atomic mass is 32.1. The van der Waals surface area contributed by atoms with Crippen LogP contribution in [0.4, 0.5) is 0 Å². The Labute approximate surface area is 154 Å². The summed E-state index contributed by atoms with van der Waals surface area (Å²) in [5.41, 5.74) is -0.167. The first-order valence-electron chi connectivity index (χ1n) is 8.72. The number of nitrogens with one attached hydrogen (secondary N) is 1. The first-order chi connectivity index (χ1) is 12.6. The molecule has 0 radical (unpaired) electrons. The van der Waals surface area contributed by atoms with Crippen LogP contribution in [0.15, 0.2) is 27.3 Å². The highest BCUT2D eigenvalue weighted by Gasteiger charge is 2.40. The number of carbonyl (C=O) groups excluding carboxylic acids is 1. The van der Waals surface area contributed by atoms with E-state index < -0.39 is 5.54 Å². The van der Waals surface area contributed by atoms with Gasteiger partial charge in [0.2, 0.25) is 5.89 Å². The molecule has 136 valence electrons. The van der Waals surface area contributed by atoms with Gasteiger partial charge in [0, 0.05) is 11.8 Å². The SMILES string of the molecule is Cc1nc(C2(NC(=O)c3nc(-c4ccco4)sc3C)CCCCC2)no1. The van der Waals surface area contributed by atoms with Gasteiger partial charge in [0.25, 0.3) is 5.91 Å². The first kappa shape index (κ1) is 17.0. The Kier molecular flexibility index (Phi) is 4.36. The zero-order valence-electron chi connectivity index (χ0n) is 14.7. The van der Waals surface area contributed by atoms with E-state index in [0.717, 1.165) is 37.0 Å². The Hall–Kier alpha value is -2.48. The molecule has 1 aliphatic rings. The molecule has 26 heavy (non-hydrogen) atoms. The van der Waals surface area contributed by atoms with Crippen LogP contribution in [-0.2, 0) is 5.54 Å². The molecule has 1 N–H and O–H groups in total. The molecule has 1 amide bonds. The third-order valence-electron chi connectivity index (χ3n) is 4.76. The van der Waals surface area contributed by atoms with Crippen molar-refractivity contribution in [2.45, 2.75) is 51.5 Å². The number of nitrogens with zero attached hydrogens (tertiary/aromatic N) is 3. The maximum absolute atomic E-state index is 13.0. The zero-order valence-corrected chi connectivity index (χ0v) is 15.6. The van der Waals surface area contributed by atoms with Crippen molar-refractivity contribution >= 4 is 17.2 Å². The van der Waals surface area contributed by atoms with Crippen molar-refractivity contribution in [2.75, 3.05) is 0 Å². The number of amides is 1. The Bertz CT molecular complexity index is 907. The smallest absolute Gasteiger partial charge is 0.271 e. The minimum atomic E-state index is -0.589. The molecule has 4 rings (SSSR count). The Balaban J connectivity index is 1.63. The maximum Gasteiger partial charge on any atom is 0.271 e. The summed E-state index contributed by atoms with van der Waals surface area (Å²) < 4.78 is 10.6. The molecule has 0 spiro atoms. The molecule has 0 bridgehead atoms. The van der Waals surface area contributed by atoms with Crippen LogP contribution in [-0.4, -0.2) is 21.0 Å². The topological polar surface area (TPSA) is 94.1 Å². The summed E-state index contributed by atoms with van der Waals surface area (Å²) in [6, 6.07) is 3.64. The third-order valence-corrected chi connectivity index (χ3v) is 5.74. The van der Waals surface area contributed by atoms with Gasteiger partial charge in [0.05, 0.1) is 6.26 Å². The number of thiazole rings is 1. The number of aromatic nitrogens is 3. The van der Waals surface area contributed by atoms with Crippen LogP contribution in [0.2, 0.25) is 0 Å². The summed E-state index contributed by atoms with van der Waals surface area (Å²) in [5.74, 6) is 1.52. The van der Waals surface area contributed by atoms with E-state index >= 15 is 0 Å². The quantitative estimate of drug-likeness (QED) is 0.744. The van der Waals surface area contributed by atoms with Crippen molar-refractivity contribution in [3.8, 4) is 10.8 Å². The Morgan fingerprint density at radius 2 is 2.04 bits per heavy atom. The fourth-order valence-corrected chi connectivity index (χ4v) is 4.32. The molecule has 8 heteroatoms. The largest absolute Gasteiger partial charge is 0.462 e. The van der Waals surface area contributed by atoms with E-state index in [4.69, 9.17) is 8.94 Å². The van der Waals surface area contributed by atoms with Crippen molar-refractivity contribution in [2.24, 2.45) is 0 Å². The second-order valence-corrected chi connectivity index (χ2v) is 7.84. The van der Waals surface area contributed by atoms with Crippen molar-refractivity contribution in [3.63, 3.8) is 0 Å². The lowest BCUT2D eigenvalue weighted by atomic mass is 9.81. The summed E-state index contributed by atoms with van der Waals surface area (Å²) >= 11 is 1.45. The van der Waals surface area contributed by atoms with E-state index in [-0.39, 0.29) is 5.91 Å². The van der Waals surface area contributed by atoms with Gasteiger partial charge in [-0.15, -0.1) is 11.3 Å². The van der Waals surface area contributed by atoms with E-state index in [9.17, 15) is 4.79 Å². The molecule has 1 fully saturated rings. The predicted molar refractivity (Wildman–Crippen MR) is 95.8 cm³/mol. The fraction of sp³-hybridized carbons (Fsp3) is 0.444. The lowest BCUT2D eigenvalue weighted by Gasteiger charge is -2.35. The van der Waals surface area contributed by atoms with Crippen molar-refractivity contribution in [1.29, 1.82) is 0 Å². The molecule has 3 heterocycles. The molecule has 0 atom stereocenters. The Morgan fingerprint density at radius 3 is 2.69 bits per heavy atom. The standard InChI is InChI=1S/C18H20N4O3S/c1-11-14(20-16(26-11)13-7-6-10-24-13)15(23)21-18(8-4-3-5-9-18)17-19-12(2)25-22-17/h6-7,10H,3-5,8-9H2,1-2H3,(H,21,23). The maximum atomic E-state index is 13.0. The highest BCUT2D eigenvalue weighted by Crippen LogP contribution is 2.36. The molecule has 1 aliphatic carbocycles. The van der Waals surface area contributed by atoms with Gasteiger partial charge < -0.3 is 14.3 Å². The molecule has 0 aromatic carbocycles. The van der Waals surface area contributed by atoms with E-state index in [1.807, 2.05) is 13.0 Å². The molecule has 0 aliphatic heterocycles. The fourth-order valence-electron chi connectivity index (χ4n) is 3.44. The van der Waals surface area contributed by atoms with Crippen molar-refractivity contribution < 1.29 is 13.7 Å². The highest BCUT2D eigenvalue weighted by molar-refractivity contribution is 7.15. The number of hydrogen-bond donors (Lipinski definition) is 1. The number of rotatable bonds is 4. The minimum Gasteiger partial charge on any atom is -0.462 e. The normalized spacial score (nSPS) is 16.5. The monoisotopic (exact) mass is 372 g/mol. The Morgan fingerprint density at radius 1 is 1.23 bits per heavy atom. The van der Waals surface area contributed by atoms with E-state index in [1.54, 1.807) is 19.3 Å². The molecule has 3 aromatic rings. The predicted octanol–water partition coefficient (Wildman–Crippen LogP) is 3.99. The van der Waals surface area contributed by atoms with E-state index in [2.05, 4.69) is 20.4 Å². The van der Waals surface area contributed by atoms with Gasteiger partial charge in [0.15, 0.2) is 16.6 Å². The van der Waals surface area contributed by atoms with Gasteiger partial charge in [-0.1, -0.05) is 24.4 Å². The third kappa shape index (κ3) is 3.05. The minimum absolute atomic E-state index is 0.207. The molecule has 1 saturated carbocycles. The molecule has 3 aromatic heterocycles.